The van der Waals surface area contributed by atoms with E-state index in [0.717, 1.165) is 49.1 Å². The van der Waals surface area contributed by atoms with Gasteiger partial charge in [0.05, 0.1) is 17.1 Å². The number of benzene rings is 2. The summed E-state index contributed by atoms with van der Waals surface area (Å²) in [5, 5.41) is 2.79. The number of para-hydroxylation sites is 2. The summed E-state index contributed by atoms with van der Waals surface area (Å²) in [4.78, 5) is 20.1. The Morgan fingerprint density at radius 1 is 1.03 bits per heavy atom. The lowest BCUT2D eigenvalue weighted by atomic mass is 9.95. The quantitative estimate of drug-likeness (QED) is 0.418. The van der Waals surface area contributed by atoms with Gasteiger partial charge in [-0.1, -0.05) is 42.5 Å². The van der Waals surface area contributed by atoms with E-state index < -0.39 is 23.5 Å². The molecule has 2 aromatic carbocycles. The summed E-state index contributed by atoms with van der Waals surface area (Å²) in [6, 6.07) is 18.5. The Labute approximate surface area is 215 Å². The first kappa shape index (κ1) is 24.5. The van der Waals surface area contributed by atoms with E-state index in [-0.39, 0.29) is 12.8 Å². The fourth-order valence-corrected chi connectivity index (χ4v) is 6.79. The zero-order valence-electron chi connectivity index (χ0n) is 21.0. The second kappa shape index (κ2) is 9.15. The van der Waals surface area contributed by atoms with E-state index >= 15 is 0 Å². The van der Waals surface area contributed by atoms with Crippen molar-refractivity contribution in [3.05, 3.63) is 66.0 Å². The molecule has 2 bridgehead atoms. The number of piperidine rings is 1. The number of carbonyl (C=O) groups is 1. The van der Waals surface area contributed by atoms with Crippen LogP contribution in [0.3, 0.4) is 0 Å². The Morgan fingerprint density at radius 3 is 2.32 bits per heavy atom. The molecule has 196 valence electrons. The van der Waals surface area contributed by atoms with Crippen molar-refractivity contribution in [1.82, 2.24) is 19.8 Å². The van der Waals surface area contributed by atoms with Crippen molar-refractivity contribution in [2.75, 3.05) is 6.54 Å². The highest BCUT2D eigenvalue weighted by molar-refractivity contribution is 5.86. The predicted molar refractivity (Wildman–Crippen MR) is 136 cm³/mol. The molecule has 6 rings (SSSR count). The molecule has 37 heavy (non-hydrogen) atoms. The predicted octanol–water partition coefficient (Wildman–Crippen LogP) is 6.10. The average Bonchev–Trinajstić information content (AvgIpc) is 3.59. The van der Waals surface area contributed by atoms with Gasteiger partial charge in [-0.3, -0.25) is 9.69 Å². The number of aromatic nitrogens is 2. The molecule has 3 aromatic rings. The molecular weight excluding hydrogens is 477 g/mol. The van der Waals surface area contributed by atoms with Crippen molar-refractivity contribution >= 4 is 16.9 Å². The van der Waals surface area contributed by atoms with Crippen molar-refractivity contribution in [3.63, 3.8) is 0 Å². The number of amides is 1. The highest BCUT2D eigenvalue weighted by atomic mass is 19.4. The maximum Gasteiger partial charge on any atom is 0.403 e. The molecule has 0 spiro atoms. The number of carbonyl (C=O) groups excluding carboxylic acids is 1. The molecule has 0 radical (unpaired) electrons. The minimum atomic E-state index is -4.51. The molecule has 3 aliphatic rings. The van der Waals surface area contributed by atoms with Crippen LogP contribution in [0.25, 0.3) is 11.0 Å². The van der Waals surface area contributed by atoms with Crippen LogP contribution in [-0.2, 0) is 4.79 Å². The lowest BCUT2D eigenvalue weighted by Crippen LogP contribution is -2.46. The smallest absolute Gasteiger partial charge is 0.348 e. The van der Waals surface area contributed by atoms with Crippen LogP contribution in [0.4, 0.5) is 13.2 Å². The fraction of sp³-hybridized carbons (Fsp3) is 0.517. The first-order chi connectivity index (χ1) is 17.8. The molecule has 1 N–H and O–H groups in total. The number of hydrogen-bond donors (Lipinski definition) is 1. The Morgan fingerprint density at radius 2 is 1.68 bits per heavy atom. The second-order valence-corrected chi connectivity index (χ2v) is 11.1. The van der Waals surface area contributed by atoms with Crippen LogP contribution in [0.5, 0.6) is 0 Å². The van der Waals surface area contributed by atoms with E-state index in [2.05, 4.69) is 39.9 Å². The highest BCUT2D eigenvalue weighted by Crippen LogP contribution is 2.58. The average molecular weight is 511 g/mol. The van der Waals surface area contributed by atoms with Gasteiger partial charge in [0.25, 0.3) is 0 Å². The first-order valence-electron chi connectivity index (χ1n) is 13.4. The molecule has 1 amide bonds. The standard InChI is InChI=1S/C29H33F3N4O/c1-19-33-25-9-5-6-10-26(25)36(19)23-17-21-11-12-22(18-23)35(21)16-13-24(20-7-3-2-4-8-20)34-27(37)28(14-15-28)29(30,31)32/h2-10,21-24H,11-18H2,1H3,(H,34,37). The molecule has 1 aliphatic carbocycles. The van der Waals surface area contributed by atoms with Crippen LogP contribution in [0.15, 0.2) is 54.6 Å². The monoisotopic (exact) mass is 510 g/mol. The minimum Gasteiger partial charge on any atom is -0.348 e. The summed E-state index contributed by atoms with van der Waals surface area (Å²) < 4.78 is 43.2. The third-order valence-electron chi connectivity index (χ3n) is 8.91. The number of nitrogens with zero attached hydrogens (tertiary/aromatic N) is 3. The Bertz CT molecular complexity index is 1270. The van der Waals surface area contributed by atoms with Crippen LogP contribution in [0, 0.1) is 12.3 Å². The molecule has 5 nitrogen and oxygen atoms in total. The number of fused-ring (bicyclic) bond motifs is 3. The van der Waals surface area contributed by atoms with Gasteiger partial charge in [-0.15, -0.1) is 0 Å². The normalized spacial score (nSPS) is 25.8. The van der Waals surface area contributed by atoms with Crippen LogP contribution in [0.1, 0.15) is 68.4 Å². The first-order valence-corrected chi connectivity index (χ1v) is 13.4. The Hall–Kier alpha value is -2.87. The molecule has 8 heteroatoms. The number of rotatable bonds is 7. The molecule has 2 aliphatic heterocycles. The van der Waals surface area contributed by atoms with Crippen LogP contribution in [-0.4, -0.2) is 45.2 Å². The molecule has 1 aromatic heterocycles. The molecule has 3 heterocycles. The number of alkyl halides is 3. The number of halogens is 3. The summed E-state index contributed by atoms with van der Waals surface area (Å²) in [6.45, 7) is 2.83. The van der Waals surface area contributed by atoms with Gasteiger partial charge in [-0.2, -0.15) is 13.2 Å². The van der Waals surface area contributed by atoms with Crippen LogP contribution >= 0.6 is 0 Å². The molecule has 3 atom stereocenters. The molecule has 3 fully saturated rings. The Kier molecular flexibility index (Phi) is 6.05. The third-order valence-corrected chi connectivity index (χ3v) is 8.91. The summed E-state index contributed by atoms with van der Waals surface area (Å²) in [5.41, 5.74) is 0.867. The van der Waals surface area contributed by atoms with Crippen molar-refractivity contribution in [1.29, 1.82) is 0 Å². The van der Waals surface area contributed by atoms with E-state index in [1.165, 1.54) is 5.52 Å². The summed E-state index contributed by atoms with van der Waals surface area (Å²) in [6.07, 6.45) is 0.185. The van der Waals surface area contributed by atoms with Gasteiger partial charge in [-0.25, -0.2) is 4.98 Å². The SMILES string of the molecule is Cc1nc2ccccc2n1C1CC2CCC(C1)N2CCC(NC(=O)C1(C(F)(F)F)CC1)c1ccccc1. The number of aryl methyl sites for hydroxylation is 1. The largest absolute Gasteiger partial charge is 0.403 e. The maximum atomic E-state index is 13.6. The topological polar surface area (TPSA) is 50.2 Å². The summed E-state index contributed by atoms with van der Waals surface area (Å²) in [7, 11) is 0. The van der Waals surface area contributed by atoms with E-state index in [1.54, 1.807) is 0 Å². The highest BCUT2D eigenvalue weighted by Gasteiger charge is 2.68. The summed E-state index contributed by atoms with van der Waals surface area (Å²) >= 11 is 0. The van der Waals surface area contributed by atoms with Crippen molar-refractivity contribution < 1.29 is 18.0 Å². The molecule has 3 unspecified atom stereocenters. The fourth-order valence-electron chi connectivity index (χ4n) is 6.79. The minimum absolute atomic E-state index is 0.121. The molecule has 1 saturated carbocycles. The van der Waals surface area contributed by atoms with Gasteiger partial charge < -0.3 is 9.88 Å². The maximum absolute atomic E-state index is 13.6. The van der Waals surface area contributed by atoms with Gasteiger partial charge in [0.2, 0.25) is 5.91 Å². The second-order valence-electron chi connectivity index (χ2n) is 11.1. The number of hydrogen-bond acceptors (Lipinski definition) is 3. The van der Waals surface area contributed by atoms with E-state index in [9.17, 15) is 18.0 Å². The Balaban J connectivity index is 1.16. The lowest BCUT2D eigenvalue weighted by molar-refractivity contribution is -0.192. The molecular formula is C29H33F3N4O. The van der Waals surface area contributed by atoms with Gasteiger partial charge in [0, 0.05) is 24.7 Å². The van der Waals surface area contributed by atoms with Gasteiger partial charge in [0.15, 0.2) is 0 Å². The summed E-state index contributed by atoms with van der Waals surface area (Å²) in [5.74, 6) is 0.169. The molecule has 2 saturated heterocycles. The van der Waals surface area contributed by atoms with Crippen LogP contribution < -0.4 is 5.32 Å². The lowest BCUT2D eigenvalue weighted by Gasteiger charge is -2.40. The van der Waals surface area contributed by atoms with E-state index in [1.807, 2.05) is 36.4 Å². The van der Waals surface area contributed by atoms with Crippen molar-refractivity contribution in [2.24, 2.45) is 5.41 Å². The number of nitrogens with one attached hydrogen (secondary N) is 1. The van der Waals surface area contributed by atoms with Crippen molar-refractivity contribution in [2.45, 2.75) is 82.2 Å². The van der Waals surface area contributed by atoms with Gasteiger partial charge >= 0.3 is 6.18 Å². The van der Waals surface area contributed by atoms with Crippen molar-refractivity contribution in [3.8, 4) is 0 Å². The number of imidazole rings is 1. The van der Waals surface area contributed by atoms with Crippen LogP contribution in [0.2, 0.25) is 0 Å². The van der Waals surface area contributed by atoms with Gasteiger partial charge in [-0.05, 0) is 69.6 Å². The van der Waals surface area contributed by atoms with E-state index in [0.29, 0.717) is 24.5 Å². The van der Waals surface area contributed by atoms with Gasteiger partial charge in [0.1, 0.15) is 11.2 Å². The zero-order chi connectivity index (χ0) is 25.8. The zero-order valence-corrected chi connectivity index (χ0v) is 21.0. The van der Waals surface area contributed by atoms with E-state index in [4.69, 9.17) is 4.98 Å². The third kappa shape index (κ3) is 4.33.